The standard InChI is InChI=1S/C29H24ClN3O3/c1-16-9-14-22-21(15-16)33-24(20-8-6-5-7-17(20)2)23-25(31(3)29(35)32(4)28(23)34)26(33)27(36-22)18-10-12-19(30)13-11-18/h5-15,27H,1-4H3/t27-/m1/s1. The van der Waals surface area contributed by atoms with Gasteiger partial charge in [-0.1, -0.05) is 54.1 Å². The zero-order valence-corrected chi connectivity index (χ0v) is 21.1. The van der Waals surface area contributed by atoms with Gasteiger partial charge in [-0.05, 0) is 54.8 Å². The Morgan fingerprint density at radius 3 is 2.33 bits per heavy atom. The molecule has 6 rings (SSSR count). The van der Waals surface area contributed by atoms with Gasteiger partial charge in [0.1, 0.15) is 5.75 Å². The molecule has 0 aliphatic carbocycles. The summed E-state index contributed by atoms with van der Waals surface area (Å²) < 4.78 is 11.4. The van der Waals surface area contributed by atoms with Crippen LogP contribution in [0.5, 0.6) is 5.75 Å². The Kier molecular flexibility index (Phi) is 4.99. The van der Waals surface area contributed by atoms with Crippen LogP contribution in [0.1, 0.15) is 28.5 Å². The number of hydrogen-bond acceptors (Lipinski definition) is 3. The minimum absolute atomic E-state index is 0.336. The van der Waals surface area contributed by atoms with Crippen LogP contribution < -0.4 is 16.0 Å². The van der Waals surface area contributed by atoms with E-state index in [4.69, 9.17) is 16.3 Å². The van der Waals surface area contributed by atoms with Crippen LogP contribution in [-0.2, 0) is 14.1 Å². The summed E-state index contributed by atoms with van der Waals surface area (Å²) in [5.41, 5.74) is 6.05. The molecule has 0 unspecified atom stereocenters. The first-order valence-corrected chi connectivity index (χ1v) is 12.1. The number of hydrogen-bond donors (Lipinski definition) is 0. The fraction of sp³-hybridized carbons (Fsp3) is 0.172. The first-order chi connectivity index (χ1) is 17.3. The Morgan fingerprint density at radius 1 is 0.889 bits per heavy atom. The van der Waals surface area contributed by atoms with E-state index in [-0.39, 0.29) is 11.2 Å². The van der Waals surface area contributed by atoms with Crippen LogP contribution in [0.4, 0.5) is 0 Å². The maximum atomic E-state index is 13.8. The molecule has 1 atom stereocenters. The van der Waals surface area contributed by atoms with Gasteiger partial charge in [0, 0.05) is 24.7 Å². The Bertz CT molecular complexity index is 1810. The topological polar surface area (TPSA) is 58.2 Å². The molecule has 0 bridgehead atoms. The summed E-state index contributed by atoms with van der Waals surface area (Å²) in [6.45, 7) is 4.05. The van der Waals surface area contributed by atoms with Crippen LogP contribution >= 0.6 is 11.6 Å². The van der Waals surface area contributed by atoms with Gasteiger partial charge < -0.3 is 9.30 Å². The average Bonchev–Trinajstić information content (AvgIpc) is 3.23. The second-order valence-corrected chi connectivity index (χ2v) is 9.77. The predicted molar refractivity (Wildman–Crippen MR) is 143 cm³/mol. The smallest absolute Gasteiger partial charge is 0.331 e. The first-order valence-electron chi connectivity index (χ1n) is 11.7. The third-order valence-electron chi connectivity index (χ3n) is 7.03. The van der Waals surface area contributed by atoms with Gasteiger partial charge in [-0.15, -0.1) is 0 Å². The summed E-state index contributed by atoms with van der Waals surface area (Å²) >= 11 is 6.19. The quantitative estimate of drug-likeness (QED) is 0.326. The van der Waals surface area contributed by atoms with Crippen molar-refractivity contribution in [3.05, 3.63) is 115 Å². The van der Waals surface area contributed by atoms with Crippen LogP contribution in [-0.4, -0.2) is 13.7 Å². The van der Waals surface area contributed by atoms with E-state index in [1.165, 1.54) is 11.6 Å². The number of benzene rings is 3. The summed E-state index contributed by atoms with van der Waals surface area (Å²) in [5.74, 6) is 0.699. The van der Waals surface area contributed by atoms with E-state index in [0.717, 1.165) is 39.3 Å². The molecule has 3 aromatic carbocycles. The van der Waals surface area contributed by atoms with Crippen molar-refractivity contribution in [3.63, 3.8) is 0 Å². The van der Waals surface area contributed by atoms with Gasteiger partial charge in [0.2, 0.25) is 0 Å². The van der Waals surface area contributed by atoms with Crippen LogP contribution in [0.2, 0.25) is 5.02 Å². The molecule has 180 valence electrons. The number of aryl methyl sites for hydroxylation is 3. The van der Waals surface area contributed by atoms with Crippen molar-refractivity contribution in [2.75, 3.05) is 0 Å². The Balaban J connectivity index is 1.88. The highest BCUT2D eigenvalue weighted by Crippen LogP contribution is 2.47. The van der Waals surface area contributed by atoms with E-state index in [2.05, 4.69) is 10.6 Å². The molecule has 7 heteroatoms. The molecular formula is C29H24ClN3O3. The second kappa shape index (κ2) is 8.00. The van der Waals surface area contributed by atoms with E-state index in [1.54, 1.807) is 11.6 Å². The minimum atomic E-state index is -0.560. The van der Waals surface area contributed by atoms with Crippen molar-refractivity contribution in [3.8, 4) is 22.7 Å². The second-order valence-electron chi connectivity index (χ2n) is 9.33. The lowest BCUT2D eigenvalue weighted by molar-refractivity contribution is 0.229. The van der Waals surface area contributed by atoms with Crippen molar-refractivity contribution in [2.24, 2.45) is 14.1 Å². The first kappa shape index (κ1) is 22.4. The van der Waals surface area contributed by atoms with Crippen molar-refractivity contribution < 1.29 is 4.74 Å². The molecule has 0 spiro atoms. The molecule has 1 aliphatic heterocycles. The number of nitrogens with zero attached hydrogens (tertiary/aromatic N) is 3. The third kappa shape index (κ3) is 3.11. The average molecular weight is 498 g/mol. The van der Waals surface area contributed by atoms with Crippen LogP contribution in [0.25, 0.3) is 27.8 Å². The lowest BCUT2D eigenvalue weighted by atomic mass is 10.0. The van der Waals surface area contributed by atoms with E-state index >= 15 is 0 Å². The SMILES string of the molecule is Cc1ccc2c(c1)-n1c(-c3ccccc3C)c3c(=O)n(C)c(=O)n(C)c3c1[C@@H](c1ccc(Cl)cc1)O2. The summed E-state index contributed by atoms with van der Waals surface area (Å²) in [6, 6.07) is 21.5. The van der Waals surface area contributed by atoms with Crippen LogP contribution in [0.15, 0.2) is 76.3 Å². The van der Waals surface area contributed by atoms with Crippen molar-refractivity contribution >= 4 is 22.5 Å². The molecule has 0 radical (unpaired) electrons. The molecule has 0 amide bonds. The van der Waals surface area contributed by atoms with Gasteiger partial charge in [-0.3, -0.25) is 13.9 Å². The molecular weight excluding hydrogens is 474 g/mol. The van der Waals surface area contributed by atoms with Crippen molar-refractivity contribution in [1.82, 2.24) is 13.7 Å². The maximum Gasteiger partial charge on any atom is 0.331 e. The lowest BCUT2D eigenvalue weighted by Crippen LogP contribution is -2.37. The highest BCUT2D eigenvalue weighted by atomic mass is 35.5. The van der Waals surface area contributed by atoms with Gasteiger partial charge in [-0.25, -0.2) is 4.79 Å². The Hall–Kier alpha value is -4.03. The van der Waals surface area contributed by atoms with Gasteiger partial charge in [0.15, 0.2) is 6.10 Å². The Labute approximate surface area is 212 Å². The molecule has 36 heavy (non-hydrogen) atoms. The normalized spacial score (nSPS) is 14.4. The monoisotopic (exact) mass is 497 g/mol. The zero-order valence-electron chi connectivity index (χ0n) is 20.4. The largest absolute Gasteiger partial charge is 0.477 e. The highest BCUT2D eigenvalue weighted by Gasteiger charge is 2.36. The fourth-order valence-electron chi connectivity index (χ4n) is 5.23. The van der Waals surface area contributed by atoms with Gasteiger partial charge in [-0.2, -0.15) is 0 Å². The lowest BCUT2D eigenvalue weighted by Gasteiger charge is -2.30. The molecule has 1 aliphatic rings. The summed E-state index contributed by atoms with van der Waals surface area (Å²) in [4.78, 5) is 26.9. The zero-order chi connectivity index (χ0) is 25.3. The molecule has 0 fully saturated rings. The summed E-state index contributed by atoms with van der Waals surface area (Å²) in [7, 11) is 3.23. The number of aromatic nitrogens is 3. The van der Waals surface area contributed by atoms with E-state index in [9.17, 15) is 9.59 Å². The number of rotatable bonds is 2. The molecule has 6 nitrogen and oxygen atoms in total. The maximum absolute atomic E-state index is 13.8. The molecule has 0 N–H and O–H groups in total. The number of fused-ring (bicyclic) bond motifs is 5. The Morgan fingerprint density at radius 2 is 1.61 bits per heavy atom. The van der Waals surface area contributed by atoms with Gasteiger partial charge >= 0.3 is 5.69 Å². The summed E-state index contributed by atoms with van der Waals surface area (Å²) in [5, 5.41) is 1.11. The van der Waals surface area contributed by atoms with Gasteiger partial charge in [0.05, 0.1) is 28.0 Å². The van der Waals surface area contributed by atoms with Crippen molar-refractivity contribution in [2.45, 2.75) is 20.0 Å². The minimum Gasteiger partial charge on any atom is -0.477 e. The molecule has 0 saturated carbocycles. The molecule has 0 saturated heterocycles. The highest BCUT2D eigenvalue weighted by molar-refractivity contribution is 6.30. The third-order valence-corrected chi connectivity index (χ3v) is 7.28. The van der Waals surface area contributed by atoms with E-state index in [0.29, 0.717) is 21.7 Å². The van der Waals surface area contributed by atoms with E-state index in [1.807, 2.05) is 74.5 Å². The van der Waals surface area contributed by atoms with Crippen LogP contribution in [0, 0.1) is 13.8 Å². The van der Waals surface area contributed by atoms with Crippen molar-refractivity contribution in [1.29, 1.82) is 0 Å². The van der Waals surface area contributed by atoms with E-state index < -0.39 is 6.10 Å². The van der Waals surface area contributed by atoms with Gasteiger partial charge in [0.25, 0.3) is 5.56 Å². The number of ether oxygens (including phenoxy) is 1. The molecule has 3 heterocycles. The summed E-state index contributed by atoms with van der Waals surface area (Å²) in [6.07, 6.45) is -0.560. The number of halogens is 1. The predicted octanol–water partition coefficient (Wildman–Crippen LogP) is 5.45. The van der Waals surface area contributed by atoms with Crippen LogP contribution in [0.3, 0.4) is 0 Å². The molecule has 2 aromatic heterocycles. The fourth-order valence-corrected chi connectivity index (χ4v) is 5.36. The molecule has 5 aromatic rings.